The van der Waals surface area contributed by atoms with E-state index in [1.807, 2.05) is 13.0 Å². The van der Waals surface area contributed by atoms with E-state index >= 15 is 0 Å². The second-order valence-corrected chi connectivity index (χ2v) is 5.37. The molecule has 0 aromatic carbocycles. The van der Waals surface area contributed by atoms with Gasteiger partial charge in [0.25, 0.3) is 0 Å². The summed E-state index contributed by atoms with van der Waals surface area (Å²) in [6.45, 7) is 3.90. The fourth-order valence-corrected chi connectivity index (χ4v) is 2.64. The van der Waals surface area contributed by atoms with Gasteiger partial charge in [-0.1, -0.05) is 11.8 Å². The van der Waals surface area contributed by atoms with Gasteiger partial charge in [-0.15, -0.1) is 0 Å². The van der Waals surface area contributed by atoms with Crippen molar-refractivity contribution in [3.8, 4) is 0 Å². The van der Waals surface area contributed by atoms with Crippen LogP contribution < -0.4 is 4.90 Å². The zero-order chi connectivity index (χ0) is 13.0. The highest BCUT2D eigenvalue weighted by atomic mass is 32.2. The Bertz CT molecular complexity index is 433. The fraction of sp³-hybridized carbons (Fsp3) is 0.583. The van der Waals surface area contributed by atoms with E-state index in [1.54, 1.807) is 0 Å². The lowest BCUT2D eigenvalue weighted by molar-refractivity contribution is -0.133. The second kappa shape index (κ2) is 6.04. The molecule has 0 aliphatic carbocycles. The molecule has 18 heavy (non-hydrogen) atoms. The summed E-state index contributed by atoms with van der Waals surface area (Å²) in [6, 6.07) is 1.83. The lowest BCUT2D eigenvalue weighted by Crippen LogP contribution is -2.31. The SMILES string of the molecule is Cc1cc(SCC(=O)O)nc(N2CCCCC2)n1. The van der Waals surface area contributed by atoms with Crippen LogP contribution in [0.15, 0.2) is 11.1 Å². The maximum absolute atomic E-state index is 10.6. The third-order valence-electron chi connectivity index (χ3n) is 2.80. The number of carboxylic acids is 1. The maximum Gasteiger partial charge on any atom is 0.313 e. The first-order valence-electron chi connectivity index (χ1n) is 6.10. The Kier molecular flexibility index (Phi) is 4.41. The smallest absolute Gasteiger partial charge is 0.313 e. The highest BCUT2D eigenvalue weighted by Gasteiger charge is 2.15. The molecular formula is C12H17N3O2S. The van der Waals surface area contributed by atoms with Crippen LogP contribution in [0, 0.1) is 6.92 Å². The lowest BCUT2D eigenvalue weighted by atomic mass is 10.1. The highest BCUT2D eigenvalue weighted by Crippen LogP contribution is 2.21. The molecule has 98 valence electrons. The first-order valence-corrected chi connectivity index (χ1v) is 7.09. The van der Waals surface area contributed by atoms with Gasteiger partial charge in [-0.2, -0.15) is 0 Å². The normalized spacial score (nSPS) is 15.7. The van der Waals surface area contributed by atoms with Crippen LogP contribution in [0.5, 0.6) is 0 Å². The Morgan fingerprint density at radius 3 is 2.78 bits per heavy atom. The first kappa shape index (κ1) is 13.1. The van der Waals surface area contributed by atoms with Crippen molar-refractivity contribution in [2.45, 2.75) is 31.2 Å². The van der Waals surface area contributed by atoms with Crippen LogP contribution in [0.4, 0.5) is 5.95 Å². The molecule has 1 N–H and O–H groups in total. The van der Waals surface area contributed by atoms with Crippen LogP contribution >= 0.6 is 11.8 Å². The van der Waals surface area contributed by atoms with Crippen LogP contribution in [-0.2, 0) is 4.79 Å². The van der Waals surface area contributed by atoms with E-state index in [1.165, 1.54) is 31.0 Å². The van der Waals surface area contributed by atoms with E-state index < -0.39 is 5.97 Å². The maximum atomic E-state index is 10.6. The van der Waals surface area contributed by atoms with E-state index in [0.29, 0.717) is 0 Å². The number of anilines is 1. The second-order valence-electron chi connectivity index (χ2n) is 4.38. The number of hydrogen-bond donors (Lipinski definition) is 1. The number of aromatic nitrogens is 2. The average Bonchev–Trinajstić information content (AvgIpc) is 2.37. The molecule has 2 heterocycles. The summed E-state index contributed by atoms with van der Waals surface area (Å²) >= 11 is 1.24. The number of hydrogen-bond acceptors (Lipinski definition) is 5. The number of aliphatic carboxylic acids is 1. The molecule has 5 nitrogen and oxygen atoms in total. The molecule has 1 saturated heterocycles. The van der Waals surface area contributed by atoms with E-state index in [-0.39, 0.29) is 5.75 Å². The Hall–Kier alpha value is -1.30. The summed E-state index contributed by atoms with van der Waals surface area (Å²) in [5, 5.41) is 9.43. The van der Waals surface area contributed by atoms with Crippen molar-refractivity contribution in [2.24, 2.45) is 0 Å². The minimum atomic E-state index is -0.823. The number of rotatable bonds is 4. The van der Waals surface area contributed by atoms with E-state index in [9.17, 15) is 4.79 Å². The Balaban J connectivity index is 2.12. The van der Waals surface area contributed by atoms with Crippen molar-refractivity contribution < 1.29 is 9.90 Å². The molecule has 1 aliphatic rings. The zero-order valence-corrected chi connectivity index (χ0v) is 11.2. The molecule has 0 spiro atoms. The van der Waals surface area contributed by atoms with Crippen LogP contribution in [0.1, 0.15) is 25.0 Å². The van der Waals surface area contributed by atoms with Crippen LogP contribution in [0.25, 0.3) is 0 Å². The van der Waals surface area contributed by atoms with Crippen LogP contribution in [0.2, 0.25) is 0 Å². The van der Waals surface area contributed by atoms with Gasteiger partial charge in [0.2, 0.25) is 5.95 Å². The van der Waals surface area contributed by atoms with Gasteiger partial charge in [-0.3, -0.25) is 4.79 Å². The van der Waals surface area contributed by atoms with Gasteiger partial charge in [0.15, 0.2) is 0 Å². The van der Waals surface area contributed by atoms with Gasteiger partial charge >= 0.3 is 5.97 Å². The number of thioether (sulfide) groups is 1. The average molecular weight is 267 g/mol. The molecule has 0 amide bonds. The molecule has 0 atom stereocenters. The minimum Gasteiger partial charge on any atom is -0.481 e. The molecule has 1 aromatic heterocycles. The van der Waals surface area contributed by atoms with E-state index in [2.05, 4.69) is 14.9 Å². The molecule has 2 rings (SSSR count). The predicted molar refractivity (Wildman–Crippen MR) is 71.2 cm³/mol. The third kappa shape index (κ3) is 3.60. The molecule has 0 bridgehead atoms. The van der Waals surface area contributed by atoms with Crippen molar-refractivity contribution in [3.63, 3.8) is 0 Å². The summed E-state index contributed by atoms with van der Waals surface area (Å²) in [4.78, 5) is 21.6. The summed E-state index contributed by atoms with van der Waals surface area (Å²) in [6.07, 6.45) is 3.62. The largest absolute Gasteiger partial charge is 0.481 e. The van der Waals surface area contributed by atoms with Gasteiger partial charge in [-0.05, 0) is 32.3 Å². The Morgan fingerprint density at radius 2 is 2.11 bits per heavy atom. The lowest BCUT2D eigenvalue weighted by Gasteiger charge is -2.27. The van der Waals surface area contributed by atoms with E-state index in [4.69, 9.17) is 5.11 Å². The summed E-state index contributed by atoms with van der Waals surface area (Å²) in [7, 11) is 0. The summed E-state index contributed by atoms with van der Waals surface area (Å²) in [5.41, 5.74) is 0.887. The number of nitrogens with zero attached hydrogens (tertiary/aromatic N) is 3. The summed E-state index contributed by atoms with van der Waals surface area (Å²) in [5.74, 6) is -0.0472. The molecule has 0 saturated carbocycles. The van der Waals surface area contributed by atoms with Crippen molar-refractivity contribution in [1.82, 2.24) is 9.97 Å². The topological polar surface area (TPSA) is 66.3 Å². The molecule has 6 heteroatoms. The zero-order valence-electron chi connectivity index (χ0n) is 10.4. The predicted octanol–water partition coefficient (Wildman–Crippen LogP) is 1.95. The van der Waals surface area contributed by atoms with Gasteiger partial charge in [0, 0.05) is 18.8 Å². The van der Waals surface area contributed by atoms with Crippen molar-refractivity contribution in [2.75, 3.05) is 23.7 Å². The number of piperidine rings is 1. The quantitative estimate of drug-likeness (QED) is 0.664. The van der Waals surface area contributed by atoms with Crippen molar-refractivity contribution in [3.05, 3.63) is 11.8 Å². The van der Waals surface area contributed by atoms with Gasteiger partial charge in [-0.25, -0.2) is 9.97 Å². The number of aryl methyl sites for hydroxylation is 1. The fourth-order valence-electron chi connectivity index (χ4n) is 1.97. The van der Waals surface area contributed by atoms with Gasteiger partial charge in [0.05, 0.1) is 5.75 Å². The number of carboxylic acid groups (broad SMARTS) is 1. The standard InChI is InChI=1S/C12H17N3O2S/c1-9-7-10(18-8-11(16)17)14-12(13-9)15-5-3-2-4-6-15/h7H,2-6,8H2,1H3,(H,16,17). The first-order chi connectivity index (χ1) is 8.65. The van der Waals surface area contributed by atoms with Crippen molar-refractivity contribution in [1.29, 1.82) is 0 Å². The summed E-state index contributed by atoms with van der Waals surface area (Å²) < 4.78 is 0. The molecule has 0 radical (unpaired) electrons. The highest BCUT2D eigenvalue weighted by molar-refractivity contribution is 7.99. The number of carbonyl (C=O) groups is 1. The van der Waals surface area contributed by atoms with Gasteiger partial charge < -0.3 is 10.0 Å². The van der Waals surface area contributed by atoms with Gasteiger partial charge in [0.1, 0.15) is 5.03 Å². The third-order valence-corrected chi connectivity index (χ3v) is 3.70. The molecule has 1 fully saturated rings. The van der Waals surface area contributed by atoms with Crippen LogP contribution in [-0.4, -0.2) is 39.9 Å². The monoisotopic (exact) mass is 267 g/mol. The molecule has 0 unspecified atom stereocenters. The Morgan fingerprint density at radius 1 is 1.39 bits per heavy atom. The van der Waals surface area contributed by atoms with Crippen molar-refractivity contribution >= 4 is 23.7 Å². The minimum absolute atomic E-state index is 0.0376. The molecule has 1 aromatic rings. The Labute approximate surface area is 111 Å². The van der Waals surface area contributed by atoms with Crippen LogP contribution in [0.3, 0.4) is 0 Å². The molecular weight excluding hydrogens is 250 g/mol. The van der Waals surface area contributed by atoms with E-state index in [0.717, 1.165) is 29.8 Å². The molecule has 1 aliphatic heterocycles.